The van der Waals surface area contributed by atoms with Crippen LogP contribution >= 0.6 is 0 Å². The summed E-state index contributed by atoms with van der Waals surface area (Å²) in [6.07, 6.45) is 58.6. The van der Waals surface area contributed by atoms with E-state index in [1.807, 2.05) is 6.08 Å². The van der Waals surface area contributed by atoms with E-state index in [9.17, 15) is 19.8 Å². The molecule has 0 aromatic carbocycles. The quantitative estimate of drug-likeness (QED) is 0.0322. The van der Waals surface area contributed by atoms with Gasteiger partial charge >= 0.3 is 5.97 Å². The van der Waals surface area contributed by atoms with Crippen molar-refractivity contribution in [2.45, 2.75) is 264 Å². The van der Waals surface area contributed by atoms with E-state index in [0.717, 1.165) is 70.6 Å². The molecule has 0 aliphatic heterocycles. The molecule has 0 aromatic rings. The zero-order valence-corrected chi connectivity index (χ0v) is 39.6. The van der Waals surface area contributed by atoms with Crippen molar-refractivity contribution < 1.29 is 24.5 Å². The molecule has 6 nitrogen and oxygen atoms in total. The van der Waals surface area contributed by atoms with Crippen LogP contribution in [0.3, 0.4) is 0 Å². The third-order valence-electron chi connectivity index (χ3n) is 11.4. The molecule has 348 valence electrons. The Morgan fingerprint density at radius 2 is 0.867 bits per heavy atom. The number of hydrogen-bond acceptors (Lipinski definition) is 5. The van der Waals surface area contributed by atoms with E-state index < -0.39 is 18.2 Å². The molecular weight excluding hydrogens is 743 g/mol. The average molecular weight is 840 g/mol. The van der Waals surface area contributed by atoms with Gasteiger partial charge in [0, 0.05) is 6.42 Å². The lowest BCUT2D eigenvalue weighted by atomic mass is 10.0. The molecule has 0 radical (unpaired) electrons. The molecule has 0 saturated carbocycles. The Balaban J connectivity index is 4.63. The zero-order chi connectivity index (χ0) is 43.8. The van der Waals surface area contributed by atoms with E-state index in [1.54, 1.807) is 0 Å². The first-order chi connectivity index (χ1) is 29.5. The molecule has 3 N–H and O–H groups in total. The van der Waals surface area contributed by atoms with E-state index in [1.165, 1.54) is 122 Å². The normalized spacial score (nSPS) is 13.8. The summed E-state index contributed by atoms with van der Waals surface area (Å²) in [5.41, 5.74) is 0. The highest BCUT2D eigenvalue weighted by Crippen LogP contribution is 2.18. The molecule has 0 aliphatic carbocycles. The van der Waals surface area contributed by atoms with Crippen LogP contribution in [0.15, 0.2) is 60.8 Å². The summed E-state index contributed by atoms with van der Waals surface area (Å²) in [7, 11) is 0. The number of aliphatic hydroxyl groups excluding tert-OH is 2. The van der Waals surface area contributed by atoms with Crippen LogP contribution in [-0.4, -0.2) is 46.9 Å². The van der Waals surface area contributed by atoms with Crippen molar-refractivity contribution in [3.63, 3.8) is 0 Å². The Labute approximate surface area is 371 Å². The van der Waals surface area contributed by atoms with Crippen molar-refractivity contribution in [1.29, 1.82) is 0 Å². The van der Waals surface area contributed by atoms with Gasteiger partial charge in [-0.3, -0.25) is 9.59 Å². The van der Waals surface area contributed by atoms with Crippen LogP contribution in [0.5, 0.6) is 0 Å². The number of amides is 1. The minimum absolute atomic E-state index is 0.0489. The summed E-state index contributed by atoms with van der Waals surface area (Å²) >= 11 is 0. The molecule has 0 aliphatic rings. The van der Waals surface area contributed by atoms with E-state index in [-0.39, 0.29) is 31.3 Å². The minimum atomic E-state index is -0.799. The first-order valence-electron chi connectivity index (χ1n) is 25.5. The van der Waals surface area contributed by atoms with Crippen LogP contribution in [-0.2, 0) is 14.3 Å². The van der Waals surface area contributed by atoms with Crippen molar-refractivity contribution in [3.05, 3.63) is 60.8 Å². The largest absolute Gasteiger partial charge is 0.462 e. The summed E-state index contributed by atoms with van der Waals surface area (Å²) < 4.78 is 5.88. The fourth-order valence-electron chi connectivity index (χ4n) is 7.54. The van der Waals surface area contributed by atoms with E-state index in [4.69, 9.17) is 4.74 Å². The van der Waals surface area contributed by atoms with E-state index in [0.29, 0.717) is 19.3 Å². The highest BCUT2D eigenvalue weighted by Gasteiger charge is 2.24. The Morgan fingerprint density at radius 3 is 1.27 bits per heavy atom. The maximum Gasteiger partial charge on any atom is 0.306 e. The molecule has 0 bridgehead atoms. The average Bonchev–Trinajstić information content (AvgIpc) is 3.24. The van der Waals surface area contributed by atoms with Gasteiger partial charge in [0.25, 0.3) is 0 Å². The summed E-state index contributed by atoms with van der Waals surface area (Å²) in [4.78, 5) is 26.1. The second-order valence-electron chi connectivity index (χ2n) is 17.2. The number of esters is 1. The Kier molecular flexibility index (Phi) is 45.7. The van der Waals surface area contributed by atoms with Gasteiger partial charge in [-0.2, -0.15) is 0 Å². The fraction of sp³-hybridized carbons (Fsp3) is 0.778. The van der Waals surface area contributed by atoms with Gasteiger partial charge in [0.05, 0.1) is 25.2 Å². The van der Waals surface area contributed by atoms with Crippen molar-refractivity contribution >= 4 is 11.9 Å². The topological polar surface area (TPSA) is 95.9 Å². The van der Waals surface area contributed by atoms with Gasteiger partial charge in [0.2, 0.25) is 5.91 Å². The van der Waals surface area contributed by atoms with Crippen molar-refractivity contribution in [1.82, 2.24) is 5.32 Å². The predicted octanol–water partition coefficient (Wildman–Crippen LogP) is 15.2. The molecule has 0 spiro atoms. The number of rotatable bonds is 45. The van der Waals surface area contributed by atoms with Crippen LogP contribution in [0.25, 0.3) is 0 Å². The van der Waals surface area contributed by atoms with E-state index in [2.05, 4.69) is 80.8 Å². The molecular formula is C54H97NO5. The first-order valence-corrected chi connectivity index (χ1v) is 25.5. The lowest BCUT2D eigenvalue weighted by Gasteiger charge is -2.24. The van der Waals surface area contributed by atoms with Gasteiger partial charge in [-0.05, 0) is 57.8 Å². The first kappa shape index (κ1) is 57.6. The van der Waals surface area contributed by atoms with Gasteiger partial charge < -0.3 is 20.3 Å². The number of allylic oxidation sites excluding steroid dienone is 10. The van der Waals surface area contributed by atoms with Gasteiger partial charge in [-0.25, -0.2) is 0 Å². The maximum atomic E-state index is 13.2. The summed E-state index contributed by atoms with van der Waals surface area (Å²) in [6.45, 7) is 6.35. The highest BCUT2D eigenvalue weighted by molar-refractivity contribution is 5.77. The predicted molar refractivity (Wildman–Crippen MR) is 259 cm³/mol. The van der Waals surface area contributed by atoms with Gasteiger partial charge in [-0.1, -0.05) is 236 Å². The Bertz CT molecular complexity index is 1080. The van der Waals surface area contributed by atoms with Crippen LogP contribution < -0.4 is 5.32 Å². The summed E-state index contributed by atoms with van der Waals surface area (Å²) in [5, 5.41) is 23.7. The lowest BCUT2D eigenvalue weighted by molar-refractivity contribution is -0.150. The number of nitrogens with one attached hydrogen (secondary N) is 1. The molecule has 0 saturated heterocycles. The smallest absolute Gasteiger partial charge is 0.306 e. The molecule has 6 heteroatoms. The SMILES string of the molecule is CC/C=C/C/C=C/C/C=C/C/C=C/C/C=C/CCC(=O)OC(CCCCCCCCCCCCC)CC(=O)NC(CO)C(O)CCCCCCCCCCCCCCCC. The number of aliphatic hydroxyl groups is 2. The molecule has 0 rings (SSSR count). The van der Waals surface area contributed by atoms with Crippen LogP contribution in [0.1, 0.15) is 245 Å². The summed E-state index contributed by atoms with van der Waals surface area (Å²) in [5.74, 6) is -0.569. The minimum Gasteiger partial charge on any atom is -0.462 e. The van der Waals surface area contributed by atoms with Gasteiger partial charge in [-0.15, -0.1) is 0 Å². The Hall–Kier alpha value is -2.44. The van der Waals surface area contributed by atoms with Crippen LogP contribution in [0.4, 0.5) is 0 Å². The second kappa shape index (κ2) is 47.6. The van der Waals surface area contributed by atoms with Crippen molar-refractivity contribution in [3.8, 4) is 0 Å². The summed E-state index contributed by atoms with van der Waals surface area (Å²) in [6, 6.07) is -0.715. The number of carbonyl (C=O) groups excluding carboxylic acids is 2. The number of unbranched alkanes of at least 4 members (excludes halogenated alkanes) is 23. The van der Waals surface area contributed by atoms with Crippen LogP contribution in [0, 0.1) is 0 Å². The zero-order valence-electron chi connectivity index (χ0n) is 39.6. The number of ether oxygens (including phenoxy) is 1. The highest BCUT2D eigenvalue weighted by atomic mass is 16.5. The van der Waals surface area contributed by atoms with Crippen LogP contribution in [0.2, 0.25) is 0 Å². The molecule has 60 heavy (non-hydrogen) atoms. The number of hydrogen-bond donors (Lipinski definition) is 3. The molecule has 0 fully saturated rings. The van der Waals surface area contributed by atoms with Gasteiger partial charge in [0.15, 0.2) is 0 Å². The van der Waals surface area contributed by atoms with Crippen molar-refractivity contribution in [2.75, 3.05) is 6.61 Å². The molecule has 0 heterocycles. The number of carbonyl (C=O) groups is 2. The standard InChI is InChI=1S/C54H97NO5/c1-4-7-10-13-16-19-22-24-26-27-29-32-35-38-41-44-47-54(59)60-50(45-42-39-36-33-30-21-18-15-12-9-6-3)48-53(58)55-51(49-56)52(57)46-43-40-37-34-31-28-25-23-20-17-14-11-8-5-2/h7,10,16,19,24,26,29,32,38,41,50-52,56-57H,4-6,8-9,11-15,17-18,20-23,25,27-28,30-31,33-37,39-40,42-49H2,1-3H3,(H,55,58)/b10-7+,19-16+,26-24+,32-29+,41-38+. The molecule has 0 aromatic heterocycles. The lowest BCUT2D eigenvalue weighted by Crippen LogP contribution is -2.46. The van der Waals surface area contributed by atoms with Crippen molar-refractivity contribution in [2.24, 2.45) is 0 Å². The molecule has 3 unspecified atom stereocenters. The molecule has 3 atom stereocenters. The second-order valence-corrected chi connectivity index (χ2v) is 17.2. The third-order valence-corrected chi connectivity index (χ3v) is 11.4. The van der Waals surface area contributed by atoms with E-state index >= 15 is 0 Å². The monoisotopic (exact) mass is 840 g/mol. The maximum absolute atomic E-state index is 13.2. The van der Waals surface area contributed by atoms with Gasteiger partial charge in [0.1, 0.15) is 6.10 Å². The molecule has 1 amide bonds. The third kappa shape index (κ3) is 42.3. The Morgan fingerprint density at radius 1 is 0.500 bits per heavy atom. The fourth-order valence-corrected chi connectivity index (χ4v) is 7.54.